The standard InChI is InChI=1S/C21H15F3N6O2.CH4/c22-14-8-6-12(7-9-14)16(18(31)27-15-4-2-1-3-5-15)28-21-25-10-13(11-26-21)19-29-30-20(32-19)17(23)24;/h1-11,16-17H,(H,27,31)(H,25,26,28);1H4. The maximum Gasteiger partial charge on any atom is 0.314 e. The molecule has 0 radical (unpaired) electrons. The van der Waals surface area contributed by atoms with Gasteiger partial charge in [-0.1, -0.05) is 37.8 Å². The number of nitrogens with zero attached hydrogens (tertiary/aromatic N) is 4. The van der Waals surface area contributed by atoms with Crippen molar-refractivity contribution in [3.63, 3.8) is 0 Å². The molecule has 33 heavy (non-hydrogen) atoms. The number of nitrogens with one attached hydrogen (secondary N) is 2. The molecule has 0 bridgehead atoms. The molecule has 4 rings (SSSR count). The predicted molar refractivity (Wildman–Crippen MR) is 115 cm³/mol. The second-order valence-electron chi connectivity index (χ2n) is 6.53. The minimum Gasteiger partial charge on any atom is -0.415 e. The van der Waals surface area contributed by atoms with Gasteiger partial charge in [-0.25, -0.2) is 14.4 Å². The van der Waals surface area contributed by atoms with E-state index < -0.39 is 30.1 Å². The Morgan fingerprint density at radius 3 is 2.21 bits per heavy atom. The first-order valence-corrected chi connectivity index (χ1v) is 9.31. The van der Waals surface area contributed by atoms with Crippen molar-refractivity contribution in [2.75, 3.05) is 10.6 Å². The zero-order valence-electron chi connectivity index (χ0n) is 16.2. The lowest BCUT2D eigenvalue weighted by atomic mass is 10.1. The number of halogens is 3. The lowest BCUT2D eigenvalue weighted by molar-refractivity contribution is -0.117. The van der Waals surface area contributed by atoms with Gasteiger partial charge >= 0.3 is 6.43 Å². The highest BCUT2D eigenvalue weighted by Crippen LogP contribution is 2.24. The van der Waals surface area contributed by atoms with E-state index in [0.717, 1.165) is 0 Å². The van der Waals surface area contributed by atoms with Crippen LogP contribution in [0.5, 0.6) is 0 Å². The molecule has 0 saturated heterocycles. The summed E-state index contributed by atoms with van der Waals surface area (Å²) in [6, 6.07) is 13.3. The average Bonchev–Trinajstić information content (AvgIpc) is 3.30. The summed E-state index contributed by atoms with van der Waals surface area (Å²) in [5, 5.41) is 12.4. The number of benzene rings is 2. The monoisotopic (exact) mass is 456 g/mol. The first-order valence-electron chi connectivity index (χ1n) is 9.31. The van der Waals surface area contributed by atoms with Crippen molar-refractivity contribution in [1.82, 2.24) is 20.2 Å². The Morgan fingerprint density at radius 1 is 0.939 bits per heavy atom. The SMILES string of the molecule is C.O=C(Nc1ccccc1)C(Nc1ncc(-c2nnc(C(F)F)o2)cn1)c1ccc(F)cc1. The van der Waals surface area contributed by atoms with E-state index >= 15 is 0 Å². The molecule has 0 aliphatic rings. The van der Waals surface area contributed by atoms with Gasteiger partial charge in [0.25, 0.3) is 17.7 Å². The third kappa shape index (κ3) is 5.70. The normalized spacial score (nSPS) is 11.5. The van der Waals surface area contributed by atoms with E-state index in [9.17, 15) is 18.0 Å². The number of anilines is 2. The molecular weight excluding hydrogens is 437 g/mol. The summed E-state index contributed by atoms with van der Waals surface area (Å²) in [5.41, 5.74) is 1.28. The number of hydrogen-bond donors (Lipinski definition) is 2. The largest absolute Gasteiger partial charge is 0.415 e. The van der Waals surface area contributed by atoms with Crippen LogP contribution >= 0.6 is 0 Å². The molecule has 0 fully saturated rings. The van der Waals surface area contributed by atoms with Gasteiger partial charge < -0.3 is 15.1 Å². The molecule has 2 aromatic carbocycles. The molecule has 2 N–H and O–H groups in total. The zero-order chi connectivity index (χ0) is 22.5. The van der Waals surface area contributed by atoms with Gasteiger partial charge in [-0.05, 0) is 29.8 Å². The van der Waals surface area contributed by atoms with Gasteiger partial charge in [-0.3, -0.25) is 4.79 Å². The summed E-state index contributed by atoms with van der Waals surface area (Å²) in [6.07, 6.45) is -0.318. The van der Waals surface area contributed by atoms with Gasteiger partial charge in [0.15, 0.2) is 0 Å². The molecule has 1 atom stereocenters. The highest BCUT2D eigenvalue weighted by Gasteiger charge is 2.23. The molecule has 11 heteroatoms. The Balaban J connectivity index is 0.00000306. The van der Waals surface area contributed by atoms with E-state index in [1.165, 1.54) is 36.7 Å². The summed E-state index contributed by atoms with van der Waals surface area (Å²) in [7, 11) is 0. The van der Waals surface area contributed by atoms with Crippen LogP contribution in [0.1, 0.15) is 31.3 Å². The maximum absolute atomic E-state index is 13.4. The number of rotatable bonds is 7. The molecule has 0 aliphatic heterocycles. The lowest BCUT2D eigenvalue weighted by Gasteiger charge is -2.19. The van der Waals surface area contributed by atoms with E-state index in [1.807, 2.05) is 6.07 Å². The van der Waals surface area contributed by atoms with E-state index in [1.54, 1.807) is 24.3 Å². The second-order valence-corrected chi connectivity index (χ2v) is 6.53. The number of alkyl halides is 2. The summed E-state index contributed by atoms with van der Waals surface area (Å²) in [4.78, 5) is 21.1. The lowest BCUT2D eigenvalue weighted by Crippen LogP contribution is -2.28. The van der Waals surface area contributed by atoms with Crippen molar-refractivity contribution >= 4 is 17.5 Å². The van der Waals surface area contributed by atoms with Crippen molar-refractivity contribution in [1.29, 1.82) is 0 Å². The summed E-state index contributed by atoms with van der Waals surface area (Å²) in [6.45, 7) is 0. The van der Waals surface area contributed by atoms with Crippen LogP contribution in [0.4, 0.5) is 24.8 Å². The molecule has 4 aromatic rings. The molecular formula is C22H19F3N6O2. The van der Waals surface area contributed by atoms with Crippen molar-refractivity contribution in [3.8, 4) is 11.5 Å². The van der Waals surface area contributed by atoms with Crippen LogP contribution in [0.25, 0.3) is 11.5 Å². The Hall–Kier alpha value is -4.28. The van der Waals surface area contributed by atoms with Gasteiger partial charge in [0.1, 0.15) is 11.9 Å². The molecule has 1 unspecified atom stereocenters. The van der Waals surface area contributed by atoms with Gasteiger partial charge in [-0.2, -0.15) is 8.78 Å². The first-order chi connectivity index (χ1) is 15.5. The van der Waals surface area contributed by atoms with Crippen LogP contribution in [0.2, 0.25) is 0 Å². The molecule has 0 saturated carbocycles. The Morgan fingerprint density at radius 2 is 1.61 bits per heavy atom. The van der Waals surface area contributed by atoms with Crippen LogP contribution < -0.4 is 10.6 Å². The zero-order valence-corrected chi connectivity index (χ0v) is 16.2. The van der Waals surface area contributed by atoms with Gasteiger partial charge in [0, 0.05) is 18.1 Å². The van der Waals surface area contributed by atoms with Crippen LogP contribution in [0.3, 0.4) is 0 Å². The fourth-order valence-electron chi connectivity index (χ4n) is 2.77. The molecule has 8 nitrogen and oxygen atoms in total. The second kappa shape index (κ2) is 10.4. The molecule has 170 valence electrons. The molecule has 1 amide bonds. The maximum atomic E-state index is 13.4. The Kier molecular flexibility index (Phi) is 7.34. The van der Waals surface area contributed by atoms with E-state index in [0.29, 0.717) is 11.3 Å². The van der Waals surface area contributed by atoms with Crippen molar-refractivity contribution in [3.05, 3.63) is 84.3 Å². The van der Waals surface area contributed by atoms with E-state index in [2.05, 4.69) is 30.8 Å². The minimum absolute atomic E-state index is 0. The van der Waals surface area contributed by atoms with Crippen LogP contribution in [0.15, 0.2) is 71.4 Å². The Bertz CT molecular complexity index is 1190. The van der Waals surface area contributed by atoms with Crippen molar-refractivity contribution in [2.24, 2.45) is 0 Å². The molecule has 0 spiro atoms. The summed E-state index contributed by atoms with van der Waals surface area (Å²) in [5.74, 6) is -1.77. The third-order valence-electron chi connectivity index (χ3n) is 4.31. The van der Waals surface area contributed by atoms with Gasteiger partial charge in [0.2, 0.25) is 5.95 Å². The number of carbonyl (C=O) groups is 1. The van der Waals surface area contributed by atoms with Gasteiger partial charge in [0.05, 0.1) is 5.56 Å². The van der Waals surface area contributed by atoms with Crippen LogP contribution in [-0.4, -0.2) is 26.1 Å². The van der Waals surface area contributed by atoms with E-state index in [4.69, 9.17) is 4.42 Å². The third-order valence-corrected chi connectivity index (χ3v) is 4.31. The van der Waals surface area contributed by atoms with Crippen LogP contribution in [0, 0.1) is 5.82 Å². The number of amides is 1. The molecule has 2 aromatic heterocycles. The fraction of sp³-hybridized carbons (Fsp3) is 0.136. The van der Waals surface area contributed by atoms with E-state index in [-0.39, 0.29) is 24.8 Å². The Labute approximate surface area is 186 Å². The topological polar surface area (TPSA) is 106 Å². The van der Waals surface area contributed by atoms with Crippen LogP contribution in [-0.2, 0) is 4.79 Å². The van der Waals surface area contributed by atoms with Crippen molar-refractivity contribution in [2.45, 2.75) is 19.9 Å². The summed E-state index contributed by atoms with van der Waals surface area (Å²) < 4.78 is 43.5. The highest BCUT2D eigenvalue weighted by molar-refractivity contribution is 5.97. The smallest absolute Gasteiger partial charge is 0.314 e. The minimum atomic E-state index is -2.89. The molecule has 0 aliphatic carbocycles. The molecule has 2 heterocycles. The van der Waals surface area contributed by atoms with Gasteiger partial charge in [-0.15, -0.1) is 10.2 Å². The highest BCUT2D eigenvalue weighted by atomic mass is 19.3. The first kappa shape index (κ1) is 23.4. The van der Waals surface area contributed by atoms with Crippen molar-refractivity contribution < 1.29 is 22.4 Å². The predicted octanol–water partition coefficient (Wildman–Crippen LogP) is 5.03. The number of aromatic nitrogens is 4. The average molecular weight is 456 g/mol. The number of carbonyl (C=O) groups excluding carboxylic acids is 1. The fourth-order valence-corrected chi connectivity index (χ4v) is 2.77. The quantitative estimate of drug-likeness (QED) is 0.402. The number of para-hydroxylation sites is 1. The summed E-state index contributed by atoms with van der Waals surface area (Å²) >= 11 is 0. The number of hydrogen-bond acceptors (Lipinski definition) is 7.